The molecule has 0 radical (unpaired) electrons. The molecule has 5 nitrogen and oxygen atoms in total. The maximum atomic E-state index is 11.2. The number of aryl methyl sites for hydroxylation is 1. The Balaban J connectivity index is 1.87. The molecule has 7 heteroatoms. The highest BCUT2D eigenvalue weighted by Gasteiger charge is 2.13. The molecule has 0 saturated carbocycles. The minimum atomic E-state index is -1.12. The number of fused-ring (bicyclic) bond motifs is 1. The second-order valence-electron chi connectivity index (χ2n) is 7.76. The average molecular weight is 400 g/mol. The standard InChI is InChI=1S/C20H25N3O2SSi/c1-15-20(26-13-21-15)8-7-18-17-6-5-16(12-24)11-19(17)23(22-18)14-25-9-10-27(2,3)4/h5-8,11-13H,9-10,14H2,1-4H3/b8-7+. The lowest BCUT2D eigenvalue weighted by Crippen LogP contribution is -2.22. The van der Waals surface area contributed by atoms with Crippen LogP contribution < -0.4 is 0 Å². The molecule has 0 atom stereocenters. The zero-order valence-corrected chi connectivity index (χ0v) is 18.0. The number of hydrogen-bond acceptors (Lipinski definition) is 5. The van der Waals surface area contributed by atoms with Crippen LogP contribution in [0.25, 0.3) is 23.1 Å². The third-order valence-corrected chi connectivity index (χ3v) is 6.93. The number of rotatable bonds is 8. The summed E-state index contributed by atoms with van der Waals surface area (Å²) in [6, 6.07) is 6.75. The quantitative estimate of drug-likeness (QED) is 0.300. The molecule has 0 spiro atoms. The molecule has 0 amide bonds. The highest BCUT2D eigenvalue weighted by molar-refractivity contribution is 7.10. The smallest absolute Gasteiger partial charge is 0.150 e. The van der Waals surface area contributed by atoms with Crippen LogP contribution in [0.15, 0.2) is 23.7 Å². The van der Waals surface area contributed by atoms with E-state index >= 15 is 0 Å². The lowest BCUT2D eigenvalue weighted by molar-refractivity contribution is 0.0816. The van der Waals surface area contributed by atoms with Crippen molar-refractivity contribution in [2.75, 3.05) is 6.61 Å². The van der Waals surface area contributed by atoms with E-state index in [0.717, 1.165) is 46.1 Å². The molecule has 0 aliphatic heterocycles. The number of aldehydes is 1. The van der Waals surface area contributed by atoms with Crippen molar-refractivity contribution in [2.24, 2.45) is 0 Å². The molecular formula is C20H25N3O2SSi. The van der Waals surface area contributed by atoms with Gasteiger partial charge in [0.25, 0.3) is 0 Å². The number of carbonyl (C=O) groups excluding carboxylic acids is 1. The first-order valence-corrected chi connectivity index (χ1v) is 13.6. The monoisotopic (exact) mass is 399 g/mol. The van der Waals surface area contributed by atoms with E-state index in [9.17, 15) is 4.79 Å². The summed E-state index contributed by atoms with van der Waals surface area (Å²) in [7, 11) is -1.12. The van der Waals surface area contributed by atoms with Gasteiger partial charge in [-0.05, 0) is 37.3 Å². The van der Waals surface area contributed by atoms with Gasteiger partial charge in [-0.3, -0.25) is 4.79 Å². The number of benzene rings is 1. The number of nitrogens with zero attached hydrogens (tertiary/aromatic N) is 3. The average Bonchev–Trinajstić information content (AvgIpc) is 3.19. The summed E-state index contributed by atoms with van der Waals surface area (Å²) < 4.78 is 7.71. The molecule has 0 saturated heterocycles. The fourth-order valence-corrected chi connectivity index (χ4v) is 4.12. The van der Waals surface area contributed by atoms with Crippen molar-refractivity contribution in [2.45, 2.75) is 39.3 Å². The van der Waals surface area contributed by atoms with Crippen LogP contribution in [0.4, 0.5) is 0 Å². The first-order valence-electron chi connectivity index (χ1n) is 8.99. The van der Waals surface area contributed by atoms with Gasteiger partial charge in [0.1, 0.15) is 13.0 Å². The van der Waals surface area contributed by atoms with Crippen molar-refractivity contribution in [1.82, 2.24) is 14.8 Å². The summed E-state index contributed by atoms with van der Waals surface area (Å²) in [5, 5.41) is 5.72. The van der Waals surface area contributed by atoms with Crippen LogP contribution in [0, 0.1) is 6.92 Å². The number of ether oxygens (including phenoxy) is 1. The Bertz CT molecular complexity index is 969. The number of carbonyl (C=O) groups is 1. The largest absolute Gasteiger partial charge is 0.360 e. The van der Waals surface area contributed by atoms with E-state index < -0.39 is 8.07 Å². The summed E-state index contributed by atoms with van der Waals surface area (Å²) in [6.45, 7) is 10.1. The van der Waals surface area contributed by atoms with Crippen LogP contribution in [-0.2, 0) is 11.5 Å². The Kier molecular flexibility index (Phi) is 6.03. The van der Waals surface area contributed by atoms with Gasteiger partial charge in [0, 0.05) is 30.5 Å². The van der Waals surface area contributed by atoms with Crippen LogP contribution in [0.1, 0.15) is 26.6 Å². The van der Waals surface area contributed by atoms with Crippen molar-refractivity contribution in [3.05, 3.63) is 45.5 Å². The molecule has 0 unspecified atom stereocenters. The van der Waals surface area contributed by atoms with E-state index in [1.54, 1.807) is 11.3 Å². The fourth-order valence-electron chi connectivity index (χ4n) is 2.67. The Labute approximate surface area is 164 Å². The van der Waals surface area contributed by atoms with Crippen LogP contribution in [-0.4, -0.2) is 35.7 Å². The Morgan fingerprint density at radius 3 is 2.74 bits per heavy atom. The number of aromatic nitrogens is 3. The first kappa shape index (κ1) is 19.7. The summed E-state index contributed by atoms with van der Waals surface area (Å²) in [4.78, 5) is 16.6. The minimum absolute atomic E-state index is 0.386. The zero-order chi connectivity index (χ0) is 19.4. The van der Waals surface area contributed by atoms with E-state index in [2.05, 4.69) is 24.6 Å². The van der Waals surface area contributed by atoms with Gasteiger partial charge in [0.15, 0.2) is 0 Å². The Morgan fingerprint density at radius 1 is 1.26 bits per heavy atom. The Hall–Kier alpha value is -2.09. The second kappa shape index (κ2) is 8.29. The van der Waals surface area contributed by atoms with Crippen molar-refractivity contribution in [1.29, 1.82) is 0 Å². The van der Waals surface area contributed by atoms with Crippen molar-refractivity contribution < 1.29 is 9.53 Å². The highest BCUT2D eigenvalue weighted by atomic mass is 32.1. The molecule has 1 aromatic carbocycles. The van der Waals surface area contributed by atoms with Crippen LogP contribution in [0.2, 0.25) is 25.7 Å². The van der Waals surface area contributed by atoms with Gasteiger partial charge < -0.3 is 4.74 Å². The summed E-state index contributed by atoms with van der Waals surface area (Å²) in [5.74, 6) is 0. The minimum Gasteiger partial charge on any atom is -0.360 e. The van der Waals surface area contributed by atoms with E-state index in [0.29, 0.717) is 12.3 Å². The molecule has 3 rings (SSSR count). The molecule has 3 aromatic rings. The van der Waals surface area contributed by atoms with Gasteiger partial charge in [-0.25, -0.2) is 9.67 Å². The predicted octanol–water partition coefficient (Wildman–Crippen LogP) is 5.10. The first-order chi connectivity index (χ1) is 12.9. The van der Waals surface area contributed by atoms with E-state index in [1.807, 2.05) is 47.5 Å². The molecule has 2 heterocycles. The summed E-state index contributed by atoms with van der Waals surface area (Å²) in [6.07, 6.45) is 4.90. The van der Waals surface area contributed by atoms with E-state index in [-0.39, 0.29) is 0 Å². The molecule has 0 aliphatic carbocycles. The summed E-state index contributed by atoms with van der Waals surface area (Å²) >= 11 is 1.61. The van der Waals surface area contributed by atoms with Gasteiger partial charge in [0.2, 0.25) is 0 Å². The summed E-state index contributed by atoms with van der Waals surface area (Å²) in [5.41, 5.74) is 5.27. The van der Waals surface area contributed by atoms with Crippen LogP contribution in [0.5, 0.6) is 0 Å². The Morgan fingerprint density at radius 2 is 2.07 bits per heavy atom. The van der Waals surface area contributed by atoms with E-state index in [1.165, 1.54) is 0 Å². The maximum absolute atomic E-state index is 11.2. The molecule has 0 bridgehead atoms. The van der Waals surface area contributed by atoms with Gasteiger partial charge >= 0.3 is 0 Å². The van der Waals surface area contributed by atoms with E-state index in [4.69, 9.17) is 9.84 Å². The molecule has 0 fully saturated rings. The van der Waals surface area contributed by atoms with Crippen LogP contribution >= 0.6 is 11.3 Å². The second-order valence-corrected chi connectivity index (χ2v) is 14.3. The molecule has 2 aromatic heterocycles. The molecule has 0 N–H and O–H groups in total. The van der Waals surface area contributed by atoms with Gasteiger partial charge in [-0.2, -0.15) is 5.10 Å². The molecule has 142 valence electrons. The zero-order valence-electron chi connectivity index (χ0n) is 16.2. The molecular weight excluding hydrogens is 374 g/mol. The van der Waals surface area contributed by atoms with Crippen molar-refractivity contribution in [3.8, 4) is 0 Å². The third-order valence-electron chi connectivity index (χ3n) is 4.33. The topological polar surface area (TPSA) is 57.0 Å². The normalized spacial score (nSPS) is 12.3. The number of hydrogen-bond donors (Lipinski definition) is 0. The highest BCUT2D eigenvalue weighted by Crippen LogP contribution is 2.23. The number of thiazole rings is 1. The SMILES string of the molecule is Cc1ncsc1/C=C/c1nn(COCC[Si](C)(C)C)c2cc(C=O)ccc12. The fraction of sp³-hybridized carbons (Fsp3) is 0.350. The van der Waals surface area contributed by atoms with Crippen molar-refractivity contribution >= 4 is 48.8 Å². The van der Waals surface area contributed by atoms with Gasteiger partial charge in [-0.15, -0.1) is 11.3 Å². The lowest BCUT2D eigenvalue weighted by Gasteiger charge is -2.15. The van der Waals surface area contributed by atoms with Crippen LogP contribution in [0.3, 0.4) is 0 Å². The molecule has 0 aliphatic rings. The lowest BCUT2D eigenvalue weighted by atomic mass is 10.1. The van der Waals surface area contributed by atoms with Crippen molar-refractivity contribution in [3.63, 3.8) is 0 Å². The molecule has 27 heavy (non-hydrogen) atoms. The van der Waals surface area contributed by atoms with Gasteiger partial charge in [-0.1, -0.05) is 25.7 Å². The maximum Gasteiger partial charge on any atom is 0.150 e. The predicted molar refractivity (Wildman–Crippen MR) is 115 cm³/mol. The third kappa shape index (κ3) is 5.00. The van der Waals surface area contributed by atoms with Gasteiger partial charge in [0.05, 0.1) is 22.4 Å².